The van der Waals surface area contributed by atoms with Crippen LogP contribution in [0.5, 0.6) is 0 Å². The zero-order chi connectivity index (χ0) is 16.0. The molecule has 114 valence electrons. The molecule has 1 fully saturated rings. The maximum absolute atomic E-state index is 12.6. The number of aromatic nitrogens is 2. The molecule has 0 atom stereocenters. The predicted molar refractivity (Wildman–Crippen MR) is 84.1 cm³/mol. The molecule has 0 unspecified atom stereocenters. The van der Waals surface area contributed by atoms with Crippen LogP contribution in [0, 0.1) is 0 Å². The van der Waals surface area contributed by atoms with E-state index in [1.165, 1.54) is 10.9 Å². The lowest BCUT2D eigenvalue weighted by molar-refractivity contribution is 0.00578. The van der Waals surface area contributed by atoms with Gasteiger partial charge in [0.2, 0.25) is 0 Å². The number of nitrogens with zero attached hydrogens (tertiary/aromatic N) is 2. The van der Waals surface area contributed by atoms with Gasteiger partial charge in [0.25, 0.3) is 5.91 Å². The summed E-state index contributed by atoms with van der Waals surface area (Å²) in [5, 5.41) is 0. The van der Waals surface area contributed by atoms with Gasteiger partial charge in [-0.05, 0) is 39.2 Å². The predicted octanol–water partition coefficient (Wildman–Crippen LogP) is 1.87. The van der Waals surface area contributed by atoms with Crippen LogP contribution in [0.1, 0.15) is 38.1 Å². The quantitative estimate of drug-likeness (QED) is 0.794. The van der Waals surface area contributed by atoms with E-state index < -0.39 is 18.3 Å². The Bertz CT molecular complexity index is 679. The Balaban J connectivity index is 1.98. The van der Waals surface area contributed by atoms with E-state index in [4.69, 9.17) is 9.31 Å². The van der Waals surface area contributed by atoms with E-state index in [0.717, 1.165) is 5.46 Å². The van der Waals surface area contributed by atoms with E-state index in [9.17, 15) is 4.79 Å². The summed E-state index contributed by atoms with van der Waals surface area (Å²) in [6, 6.07) is 7.36. The van der Waals surface area contributed by atoms with Crippen molar-refractivity contribution in [2.75, 3.05) is 0 Å². The van der Waals surface area contributed by atoms with Crippen molar-refractivity contribution in [2.24, 2.45) is 0 Å². The Kier molecular flexibility index (Phi) is 3.46. The van der Waals surface area contributed by atoms with Crippen LogP contribution in [0.25, 0.3) is 0 Å². The summed E-state index contributed by atoms with van der Waals surface area (Å²) in [7, 11) is -0.561. The molecule has 1 aromatic heterocycles. The van der Waals surface area contributed by atoms with Gasteiger partial charge in [-0.3, -0.25) is 9.36 Å². The fourth-order valence-electron chi connectivity index (χ4n) is 2.39. The zero-order valence-electron chi connectivity index (χ0n) is 13.2. The lowest BCUT2D eigenvalue weighted by Gasteiger charge is -2.32. The van der Waals surface area contributed by atoms with Crippen molar-refractivity contribution < 1.29 is 14.1 Å². The van der Waals surface area contributed by atoms with Gasteiger partial charge in [0.05, 0.1) is 11.2 Å². The molecule has 0 radical (unpaired) electrons. The number of imidazole rings is 1. The minimum atomic E-state index is -0.561. The molecule has 1 saturated heterocycles. The lowest BCUT2D eigenvalue weighted by Crippen LogP contribution is -2.41. The maximum atomic E-state index is 12.6. The molecule has 3 rings (SSSR count). The first kappa shape index (κ1) is 15.0. The van der Waals surface area contributed by atoms with Gasteiger partial charge in [0.1, 0.15) is 6.33 Å². The second-order valence-electron chi connectivity index (χ2n) is 6.45. The molecule has 5 nitrogen and oxygen atoms in total. The van der Waals surface area contributed by atoms with Crippen molar-refractivity contribution in [3.63, 3.8) is 0 Å². The number of hydrogen-bond acceptors (Lipinski definition) is 4. The van der Waals surface area contributed by atoms with Crippen LogP contribution < -0.4 is 5.46 Å². The van der Waals surface area contributed by atoms with Gasteiger partial charge in [-0.1, -0.05) is 18.2 Å². The number of carbonyl (C=O) groups excluding carboxylic acids is 1. The van der Waals surface area contributed by atoms with Crippen LogP contribution in [0.2, 0.25) is 0 Å². The molecule has 1 aliphatic heterocycles. The molecular formula is C16H19BN2O3. The summed E-state index contributed by atoms with van der Waals surface area (Å²) in [6.45, 7) is 7.97. The van der Waals surface area contributed by atoms with Crippen molar-refractivity contribution >= 4 is 18.5 Å². The van der Waals surface area contributed by atoms with E-state index in [0.29, 0.717) is 5.56 Å². The maximum Gasteiger partial charge on any atom is 0.495 e. The Hall–Kier alpha value is -1.92. The highest BCUT2D eigenvalue weighted by Gasteiger charge is 2.52. The van der Waals surface area contributed by atoms with Gasteiger partial charge in [-0.25, -0.2) is 4.98 Å². The second-order valence-corrected chi connectivity index (χ2v) is 6.45. The van der Waals surface area contributed by atoms with Crippen molar-refractivity contribution in [2.45, 2.75) is 38.9 Å². The Labute approximate surface area is 130 Å². The number of hydrogen-bond donors (Lipinski definition) is 0. The van der Waals surface area contributed by atoms with Gasteiger partial charge < -0.3 is 9.31 Å². The smallest absolute Gasteiger partial charge is 0.399 e. The van der Waals surface area contributed by atoms with E-state index in [-0.39, 0.29) is 5.91 Å². The lowest BCUT2D eigenvalue weighted by atomic mass is 9.75. The summed E-state index contributed by atoms with van der Waals surface area (Å²) >= 11 is 0. The van der Waals surface area contributed by atoms with Crippen molar-refractivity contribution in [3.05, 3.63) is 48.5 Å². The molecule has 22 heavy (non-hydrogen) atoms. The van der Waals surface area contributed by atoms with Crippen LogP contribution in [0.15, 0.2) is 43.0 Å². The SMILES string of the molecule is CC1(C)OB(c2ccccc2C(=O)n2ccnc2)OC1(C)C. The fraction of sp³-hybridized carbons (Fsp3) is 0.375. The van der Waals surface area contributed by atoms with Crippen LogP contribution >= 0.6 is 0 Å². The normalized spacial score (nSPS) is 19.4. The highest BCUT2D eigenvalue weighted by atomic mass is 16.7. The summed E-state index contributed by atoms with van der Waals surface area (Å²) in [6.07, 6.45) is 4.70. The van der Waals surface area contributed by atoms with Gasteiger partial charge in [-0.2, -0.15) is 0 Å². The average Bonchev–Trinajstić information content (AvgIpc) is 3.05. The van der Waals surface area contributed by atoms with Gasteiger partial charge in [0.15, 0.2) is 0 Å². The largest absolute Gasteiger partial charge is 0.495 e. The first-order valence-corrected chi connectivity index (χ1v) is 7.29. The summed E-state index contributed by atoms with van der Waals surface area (Å²) in [5.74, 6) is -0.150. The third-order valence-electron chi connectivity index (χ3n) is 4.44. The molecule has 1 aromatic carbocycles. The third kappa shape index (κ3) is 2.38. The average molecular weight is 298 g/mol. The topological polar surface area (TPSA) is 53.4 Å². The molecule has 0 bridgehead atoms. The van der Waals surface area contributed by atoms with E-state index in [1.54, 1.807) is 18.5 Å². The number of rotatable bonds is 2. The number of benzene rings is 1. The third-order valence-corrected chi connectivity index (χ3v) is 4.44. The second kappa shape index (κ2) is 5.07. The van der Waals surface area contributed by atoms with E-state index in [2.05, 4.69) is 4.98 Å². The summed E-state index contributed by atoms with van der Waals surface area (Å²) in [4.78, 5) is 16.5. The molecule has 0 N–H and O–H groups in total. The molecule has 2 aromatic rings. The van der Waals surface area contributed by atoms with Gasteiger partial charge in [0, 0.05) is 18.0 Å². The fourth-order valence-corrected chi connectivity index (χ4v) is 2.39. The first-order chi connectivity index (χ1) is 10.3. The Morgan fingerprint density at radius 3 is 2.36 bits per heavy atom. The van der Waals surface area contributed by atoms with Gasteiger partial charge in [-0.15, -0.1) is 0 Å². The molecule has 0 spiro atoms. The molecule has 0 saturated carbocycles. The van der Waals surface area contributed by atoms with Crippen LogP contribution in [-0.4, -0.2) is 33.8 Å². The highest BCUT2D eigenvalue weighted by Crippen LogP contribution is 2.36. The van der Waals surface area contributed by atoms with Crippen LogP contribution in [0.4, 0.5) is 0 Å². The van der Waals surface area contributed by atoms with E-state index >= 15 is 0 Å². The van der Waals surface area contributed by atoms with Crippen molar-refractivity contribution in [1.82, 2.24) is 9.55 Å². The Morgan fingerprint density at radius 1 is 1.14 bits per heavy atom. The minimum Gasteiger partial charge on any atom is -0.399 e. The molecule has 6 heteroatoms. The van der Waals surface area contributed by atoms with Crippen molar-refractivity contribution in [1.29, 1.82) is 0 Å². The van der Waals surface area contributed by atoms with Crippen LogP contribution in [0.3, 0.4) is 0 Å². The standard InChI is InChI=1S/C16H19BN2O3/c1-15(2)16(3,4)22-17(21-15)13-8-6-5-7-12(13)14(20)19-10-9-18-11-19/h5-11H,1-4H3. The zero-order valence-corrected chi connectivity index (χ0v) is 13.2. The minimum absolute atomic E-state index is 0.150. The molecule has 0 aliphatic carbocycles. The monoisotopic (exact) mass is 298 g/mol. The van der Waals surface area contributed by atoms with E-state index in [1.807, 2.05) is 45.9 Å². The summed E-state index contributed by atoms with van der Waals surface area (Å²) < 4.78 is 13.6. The van der Waals surface area contributed by atoms with Crippen LogP contribution in [-0.2, 0) is 9.31 Å². The molecule has 0 amide bonds. The summed E-state index contributed by atoms with van der Waals surface area (Å²) in [5.41, 5.74) is 0.407. The van der Waals surface area contributed by atoms with Crippen molar-refractivity contribution in [3.8, 4) is 0 Å². The Morgan fingerprint density at radius 2 is 1.77 bits per heavy atom. The molecule has 1 aliphatic rings. The van der Waals surface area contributed by atoms with Gasteiger partial charge >= 0.3 is 7.12 Å². The molecular weight excluding hydrogens is 279 g/mol. The number of carbonyl (C=O) groups is 1. The highest BCUT2D eigenvalue weighted by molar-refractivity contribution is 6.63. The molecule has 2 heterocycles. The first-order valence-electron chi connectivity index (χ1n) is 7.29.